The molecule has 0 unspecified atom stereocenters. The summed E-state index contributed by atoms with van der Waals surface area (Å²) in [5.74, 6) is 2.47. The van der Waals surface area contributed by atoms with E-state index in [4.69, 9.17) is 11.6 Å². The summed E-state index contributed by atoms with van der Waals surface area (Å²) in [6, 6.07) is 8.24. The van der Waals surface area contributed by atoms with Crippen LogP contribution in [0.5, 0.6) is 0 Å². The van der Waals surface area contributed by atoms with Crippen LogP contribution in [-0.2, 0) is 0 Å². The molecule has 68 valence electrons. The number of halogens is 1. The first-order chi connectivity index (χ1) is 6.31. The SMILES string of the molecule is CC[C+](c1ccc(Cl)cc1)C1CC1. The van der Waals surface area contributed by atoms with Gasteiger partial charge in [-0.1, -0.05) is 11.6 Å². The van der Waals surface area contributed by atoms with Crippen molar-refractivity contribution in [2.75, 3.05) is 0 Å². The van der Waals surface area contributed by atoms with Crippen LogP contribution >= 0.6 is 11.6 Å². The van der Waals surface area contributed by atoms with E-state index in [0.29, 0.717) is 0 Å². The van der Waals surface area contributed by atoms with Crippen molar-refractivity contribution >= 4 is 11.6 Å². The molecule has 1 aliphatic carbocycles. The Balaban J connectivity index is 2.17. The molecule has 0 bridgehead atoms. The highest BCUT2D eigenvalue weighted by Crippen LogP contribution is 2.43. The molecular formula is C12H14Cl+. The second-order valence-electron chi connectivity index (χ2n) is 3.66. The quantitative estimate of drug-likeness (QED) is 0.635. The minimum atomic E-state index is 0.829. The van der Waals surface area contributed by atoms with Crippen molar-refractivity contribution in [3.63, 3.8) is 0 Å². The van der Waals surface area contributed by atoms with Crippen molar-refractivity contribution in [2.45, 2.75) is 26.2 Å². The minimum Gasteiger partial charge on any atom is -0.0818 e. The Hall–Kier alpha value is -0.620. The van der Waals surface area contributed by atoms with Crippen LogP contribution in [0, 0.1) is 11.8 Å². The molecule has 0 amide bonds. The number of hydrogen-bond acceptors (Lipinski definition) is 0. The molecule has 1 aliphatic rings. The van der Waals surface area contributed by atoms with Gasteiger partial charge in [-0.25, -0.2) is 0 Å². The maximum atomic E-state index is 5.85. The van der Waals surface area contributed by atoms with E-state index in [1.807, 2.05) is 12.1 Å². The van der Waals surface area contributed by atoms with Gasteiger partial charge in [0, 0.05) is 42.5 Å². The van der Waals surface area contributed by atoms with Gasteiger partial charge in [0.15, 0.2) is 0 Å². The second kappa shape index (κ2) is 3.63. The van der Waals surface area contributed by atoms with E-state index in [1.165, 1.54) is 24.8 Å². The lowest BCUT2D eigenvalue weighted by Crippen LogP contribution is -1.99. The number of hydrogen-bond donors (Lipinski definition) is 0. The molecule has 0 nitrogen and oxygen atoms in total. The fourth-order valence-corrected chi connectivity index (χ4v) is 1.95. The zero-order valence-corrected chi connectivity index (χ0v) is 8.64. The van der Waals surface area contributed by atoms with Crippen molar-refractivity contribution < 1.29 is 0 Å². The fourth-order valence-electron chi connectivity index (χ4n) is 1.82. The lowest BCUT2D eigenvalue weighted by Gasteiger charge is -2.05. The van der Waals surface area contributed by atoms with Gasteiger partial charge in [-0.2, -0.15) is 0 Å². The van der Waals surface area contributed by atoms with Crippen LogP contribution in [0.1, 0.15) is 31.7 Å². The topological polar surface area (TPSA) is 0 Å². The molecule has 0 atom stereocenters. The largest absolute Gasteiger partial charge is 0.133 e. The van der Waals surface area contributed by atoms with Crippen molar-refractivity contribution in [2.24, 2.45) is 5.92 Å². The van der Waals surface area contributed by atoms with Crippen LogP contribution in [-0.4, -0.2) is 0 Å². The summed E-state index contributed by atoms with van der Waals surface area (Å²) in [7, 11) is 0. The maximum Gasteiger partial charge on any atom is 0.133 e. The average Bonchev–Trinajstić information content (AvgIpc) is 2.93. The van der Waals surface area contributed by atoms with Crippen molar-refractivity contribution in [1.29, 1.82) is 0 Å². The van der Waals surface area contributed by atoms with Crippen LogP contribution in [0.15, 0.2) is 24.3 Å². The molecule has 0 aliphatic heterocycles. The Labute approximate surface area is 84.9 Å². The molecule has 1 aromatic carbocycles. The van der Waals surface area contributed by atoms with Crippen molar-refractivity contribution in [1.82, 2.24) is 0 Å². The van der Waals surface area contributed by atoms with Gasteiger partial charge in [-0.3, -0.25) is 0 Å². The van der Waals surface area contributed by atoms with Crippen LogP contribution in [0.25, 0.3) is 0 Å². The van der Waals surface area contributed by atoms with Gasteiger partial charge in [0.05, 0.1) is 5.02 Å². The van der Waals surface area contributed by atoms with Gasteiger partial charge >= 0.3 is 0 Å². The van der Waals surface area contributed by atoms with Crippen LogP contribution in [0.3, 0.4) is 0 Å². The van der Waals surface area contributed by atoms with Gasteiger partial charge in [0.2, 0.25) is 0 Å². The molecule has 1 saturated carbocycles. The summed E-state index contributed by atoms with van der Waals surface area (Å²) in [5.41, 5.74) is 1.38. The molecule has 0 spiro atoms. The number of rotatable bonds is 3. The molecule has 0 saturated heterocycles. The first kappa shape index (κ1) is 8.96. The monoisotopic (exact) mass is 193 g/mol. The lowest BCUT2D eigenvalue weighted by molar-refractivity contribution is 0.789. The summed E-state index contributed by atoms with van der Waals surface area (Å²) in [5, 5.41) is 0.829. The Morgan fingerprint density at radius 3 is 2.38 bits per heavy atom. The predicted octanol–water partition coefficient (Wildman–Crippen LogP) is 4.08. The molecule has 2 rings (SSSR count). The zero-order chi connectivity index (χ0) is 9.26. The van der Waals surface area contributed by atoms with E-state index in [9.17, 15) is 0 Å². The predicted molar refractivity (Wildman–Crippen MR) is 56.8 cm³/mol. The minimum absolute atomic E-state index is 0.829. The molecule has 13 heavy (non-hydrogen) atoms. The fraction of sp³-hybridized carbons (Fsp3) is 0.417. The molecule has 0 N–H and O–H groups in total. The third kappa shape index (κ3) is 2.00. The Morgan fingerprint density at radius 2 is 1.92 bits per heavy atom. The lowest BCUT2D eigenvalue weighted by atomic mass is 9.92. The van der Waals surface area contributed by atoms with E-state index in [-0.39, 0.29) is 0 Å². The summed E-state index contributed by atoms with van der Waals surface area (Å²) in [6.07, 6.45) is 3.93. The van der Waals surface area contributed by atoms with E-state index >= 15 is 0 Å². The third-order valence-electron chi connectivity index (χ3n) is 2.67. The average molecular weight is 194 g/mol. The highest BCUT2D eigenvalue weighted by molar-refractivity contribution is 6.30. The molecule has 0 aromatic heterocycles. The Kier molecular flexibility index (Phi) is 2.50. The maximum absolute atomic E-state index is 5.85. The summed E-state index contributed by atoms with van der Waals surface area (Å²) in [4.78, 5) is 0. The van der Waals surface area contributed by atoms with E-state index in [1.54, 1.807) is 5.92 Å². The smallest absolute Gasteiger partial charge is 0.0818 e. The van der Waals surface area contributed by atoms with E-state index < -0.39 is 0 Å². The molecule has 1 fully saturated rings. The Morgan fingerprint density at radius 1 is 1.31 bits per heavy atom. The van der Waals surface area contributed by atoms with Crippen LogP contribution in [0.2, 0.25) is 5.02 Å². The van der Waals surface area contributed by atoms with Gasteiger partial charge in [-0.05, 0) is 19.8 Å². The van der Waals surface area contributed by atoms with Crippen molar-refractivity contribution in [3.8, 4) is 0 Å². The highest BCUT2D eigenvalue weighted by atomic mass is 35.5. The second-order valence-corrected chi connectivity index (χ2v) is 4.10. The molecule has 1 heteroatoms. The van der Waals surface area contributed by atoms with Gasteiger partial charge in [-0.15, -0.1) is 0 Å². The molecule has 1 aromatic rings. The van der Waals surface area contributed by atoms with Gasteiger partial charge in [0.25, 0.3) is 0 Å². The van der Waals surface area contributed by atoms with Crippen molar-refractivity contribution in [3.05, 3.63) is 40.8 Å². The zero-order valence-electron chi connectivity index (χ0n) is 7.89. The first-order valence-corrected chi connectivity index (χ1v) is 5.30. The standard InChI is InChI=1S/C12H14Cl/c1-2-12(9-3-4-9)10-5-7-11(13)8-6-10/h5-9H,2-4H2,1H3/q+1. The molecule has 0 heterocycles. The normalized spacial score (nSPS) is 15.8. The molecule has 0 radical (unpaired) electrons. The summed E-state index contributed by atoms with van der Waals surface area (Å²) >= 11 is 5.85. The summed E-state index contributed by atoms with van der Waals surface area (Å²) in [6.45, 7) is 2.24. The summed E-state index contributed by atoms with van der Waals surface area (Å²) < 4.78 is 0. The first-order valence-electron chi connectivity index (χ1n) is 4.93. The van der Waals surface area contributed by atoms with E-state index in [0.717, 1.165) is 10.9 Å². The third-order valence-corrected chi connectivity index (χ3v) is 2.92. The van der Waals surface area contributed by atoms with Crippen LogP contribution in [0.4, 0.5) is 0 Å². The van der Waals surface area contributed by atoms with E-state index in [2.05, 4.69) is 19.1 Å². The van der Waals surface area contributed by atoms with Gasteiger partial charge < -0.3 is 0 Å². The van der Waals surface area contributed by atoms with Crippen LogP contribution < -0.4 is 0 Å². The molecular weight excluding hydrogens is 180 g/mol. The Bertz CT molecular complexity index is 272. The highest BCUT2D eigenvalue weighted by Gasteiger charge is 2.36. The van der Waals surface area contributed by atoms with Gasteiger partial charge in [0.1, 0.15) is 5.56 Å². The number of benzene rings is 1.